The molecular formula is C17H18F2N2O4S. The Kier molecular flexibility index (Phi) is 6.27. The molecule has 9 heteroatoms. The Balaban J connectivity index is 2.16. The zero-order valence-electron chi connectivity index (χ0n) is 14.1. The van der Waals surface area contributed by atoms with Crippen LogP contribution in [-0.4, -0.2) is 27.0 Å². The van der Waals surface area contributed by atoms with Gasteiger partial charge in [-0.3, -0.25) is 4.79 Å². The van der Waals surface area contributed by atoms with Crippen LogP contribution in [-0.2, 0) is 10.0 Å². The van der Waals surface area contributed by atoms with Gasteiger partial charge in [0.1, 0.15) is 5.75 Å². The zero-order chi connectivity index (χ0) is 19.3. The Bertz CT molecular complexity index is 869. The molecule has 0 radical (unpaired) electrons. The molecule has 0 unspecified atom stereocenters. The van der Waals surface area contributed by atoms with E-state index < -0.39 is 22.5 Å². The fourth-order valence-electron chi connectivity index (χ4n) is 2.15. The van der Waals surface area contributed by atoms with E-state index in [4.69, 9.17) is 0 Å². The van der Waals surface area contributed by atoms with Gasteiger partial charge in [0, 0.05) is 11.7 Å². The summed E-state index contributed by atoms with van der Waals surface area (Å²) >= 11 is 0. The van der Waals surface area contributed by atoms with Crippen LogP contribution in [0.1, 0.15) is 24.2 Å². The molecule has 0 aliphatic rings. The van der Waals surface area contributed by atoms with Crippen molar-refractivity contribution in [2.45, 2.75) is 31.4 Å². The van der Waals surface area contributed by atoms with Crippen molar-refractivity contribution in [2.75, 3.05) is 5.32 Å². The highest BCUT2D eigenvalue weighted by Crippen LogP contribution is 2.22. The van der Waals surface area contributed by atoms with E-state index in [0.29, 0.717) is 5.69 Å². The fraction of sp³-hybridized carbons (Fsp3) is 0.235. The molecule has 1 amide bonds. The van der Waals surface area contributed by atoms with Gasteiger partial charge in [-0.2, -0.15) is 8.78 Å². The average molecular weight is 384 g/mol. The molecule has 0 saturated carbocycles. The predicted molar refractivity (Wildman–Crippen MR) is 92.9 cm³/mol. The summed E-state index contributed by atoms with van der Waals surface area (Å²) in [5.41, 5.74) is 0.247. The summed E-state index contributed by atoms with van der Waals surface area (Å²) < 4.78 is 55.7. The number of anilines is 1. The van der Waals surface area contributed by atoms with Gasteiger partial charge in [0.05, 0.1) is 10.5 Å². The normalized spacial score (nSPS) is 11.6. The number of rotatable bonds is 7. The van der Waals surface area contributed by atoms with Crippen molar-refractivity contribution in [1.29, 1.82) is 0 Å². The summed E-state index contributed by atoms with van der Waals surface area (Å²) in [6, 6.07) is 10.8. The van der Waals surface area contributed by atoms with Crippen LogP contribution in [0.4, 0.5) is 14.5 Å². The van der Waals surface area contributed by atoms with Gasteiger partial charge < -0.3 is 10.1 Å². The minimum Gasteiger partial charge on any atom is -0.434 e. The standard InChI is InChI=1S/C17H18F2N2O4S/c1-11(2)21-26(23,24)13-9-7-12(8-10-13)20-16(22)14-5-3-4-6-15(14)25-17(18)19/h3-11,17,21H,1-2H3,(H,20,22). The maximum absolute atomic E-state index is 12.4. The Morgan fingerprint density at radius 3 is 2.23 bits per heavy atom. The highest BCUT2D eigenvalue weighted by molar-refractivity contribution is 7.89. The molecule has 0 fully saturated rings. The van der Waals surface area contributed by atoms with Crippen molar-refractivity contribution in [2.24, 2.45) is 0 Å². The molecule has 2 aromatic carbocycles. The van der Waals surface area contributed by atoms with Crippen LogP contribution in [0.15, 0.2) is 53.4 Å². The molecule has 0 aliphatic carbocycles. The molecule has 2 aromatic rings. The highest BCUT2D eigenvalue weighted by Gasteiger charge is 2.17. The minimum atomic E-state index is -3.64. The van der Waals surface area contributed by atoms with Gasteiger partial charge in [-0.15, -0.1) is 0 Å². The third-order valence-electron chi connectivity index (χ3n) is 3.16. The van der Waals surface area contributed by atoms with Gasteiger partial charge >= 0.3 is 6.61 Å². The second-order valence-corrected chi connectivity index (χ2v) is 7.34. The number of carbonyl (C=O) groups is 1. The predicted octanol–water partition coefficient (Wildman–Crippen LogP) is 3.23. The van der Waals surface area contributed by atoms with E-state index in [1.54, 1.807) is 13.8 Å². The molecule has 26 heavy (non-hydrogen) atoms. The fourth-order valence-corrected chi connectivity index (χ4v) is 3.40. The molecule has 0 aliphatic heterocycles. The van der Waals surface area contributed by atoms with Crippen LogP contribution in [0.3, 0.4) is 0 Å². The highest BCUT2D eigenvalue weighted by atomic mass is 32.2. The first-order valence-corrected chi connectivity index (χ1v) is 9.15. The van der Waals surface area contributed by atoms with Gasteiger partial charge in [-0.1, -0.05) is 12.1 Å². The first-order chi connectivity index (χ1) is 12.2. The Morgan fingerprint density at radius 2 is 1.65 bits per heavy atom. The summed E-state index contributed by atoms with van der Waals surface area (Å²) in [6.07, 6.45) is 0. The second-order valence-electron chi connectivity index (χ2n) is 5.63. The summed E-state index contributed by atoms with van der Waals surface area (Å²) in [5.74, 6) is -0.905. The molecule has 2 rings (SSSR count). The number of para-hydroxylation sites is 1. The van der Waals surface area contributed by atoms with Crippen molar-refractivity contribution in [3.63, 3.8) is 0 Å². The van der Waals surface area contributed by atoms with Crippen LogP contribution in [0, 0.1) is 0 Å². The number of benzene rings is 2. The maximum Gasteiger partial charge on any atom is 0.387 e. The van der Waals surface area contributed by atoms with Crippen LogP contribution in [0.2, 0.25) is 0 Å². The topological polar surface area (TPSA) is 84.5 Å². The lowest BCUT2D eigenvalue weighted by Gasteiger charge is -2.12. The Labute approximate surface area is 150 Å². The summed E-state index contributed by atoms with van der Waals surface area (Å²) in [5, 5.41) is 2.51. The number of hydrogen-bond acceptors (Lipinski definition) is 4. The average Bonchev–Trinajstić information content (AvgIpc) is 2.54. The van der Waals surface area contributed by atoms with E-state index in [-0.39, 0.29) is 22.3 Å². The van der Waals surface area contributed by atoms with Crippen LogP contribution >= 0.6 is 0 Å². The zero-order valence-corrected chi connectivity index (χ0v) is 14.9. The molecule has 140 valence electrons. The van der Waals surface area contributed by atoms with Crippen molar-refractivity contribution >= 4 is 21.6 Å². The molecule has 6 nitrogen and oxygen atoms in total. The Hall–Kier alpha value is -2.52. The molecule has 0 bridgehead atoms. The lowest BCUT2D eigenvalue weighted by Crippen LogP contribution is -2.30. The lowest BCUT2D eigenvalue weighted by molar-refractivity contribution is -0.0501. The first kappa shape index (κ1) is 19.8. The van der Waals surface area contributed by atoms with E-state index in [1.807, 2.05) is 0 Å². The number of alkyl halides is 2. The monoisotopic (exact) mass is 384 g/mol. The second kappa shape index (κ2) is 8.24. The molecule has 2 N–H and O–H groups in total. The number of ether oxygens (including phenoxy) is 1. The van der Waals surface area contributed by atoms with Gasteiger partial charge in [-0.25, -0.2) is 13.1 Å². The Morgan fingerprint density at radius 1 is 1.04 bits per heavy atom. The number of hydrogen-bond donors (Lipinski definition) is 2. The number of halogens is 2. The maximum atomic E-state index is 12.4. The summed E-state index contributed by atoms with van der Waals surface area (Å²) in [7, 11) is -3.64. The van der Waals surface area contributed by atoms with E-state index in [9.17, 15) is 22.0 Å². The number of amides is 1. The van der Waals surface area contributed by atoms with E-state index in [2.05, 4.69) is 14.8 Å². The molecule has 0 aromatic heterocycles. The van der Waals surface area contributed by atoms with E-state index in [0.717, 1.165) is 0 Å². The third-order valence-corrected chi connectivity index (χ3v) is 4.84. The summed E-state index contributed by atoms with van der Waals surface area (Å²) in [6.45, 7) is 0.345. The van der Waals surface area contributed by atoms with Crippen molar-refractivity contribution in [1.82, 2.24) is 4.72 Å². The third kappa shape index (κ3) is 5.24. The SMILES string of the molecule is CC(C)NS(=O)(=O)c1ccc(NC(=O)c2ccccc2OC(F)F)cc1. The van der Waals surface area contributed by atoms with E-state index >= 15 is 0 Å². The van der Waals surface area contributed by atoms with Crippen LogP contribution in [0.5, 0.6) is 5.75 Å². The van der Waals surface area contributed by atoms with Crippen LogP contribution < -0.4 is 14.8 Å². The molecule has 0 spiro atoms. The van der Waals surface area contributed by atoms with Gasteiger partial charge in [0.25, 0.3) is 5.91 Å². The van der Waals surface area contributed by atoms with Crippen LogP contribution in [0.25, 0.3) is 0 Å². The van der Waals surface area contributed by atoms with Gasteiger partial charge in [0.15, 0.2) is 0 Å². The van der Waals surface area contributed by atoms with Gasteiger partial charge in [-0.05, 0) is 50.2 Å². The molecule has 0 heterocycles. The largest absolute Gasteiger partial charge is 0.434 e. The number of sulfonamides is 1. The lowest BCUT2D eigenvalue weighted by atomic mass is 10.2. The minimum absolute atomic E-state index is 0.0469. The van der Waals surface area contributed by atoms with E-state index in [1.165, 1.54) is 48.5 Å². The quantitative estimate of drug-likeness (QED) is 0.768. The summed E-state index contributed by atoms with van der Waals surface area (Å²) in [4.78, 5) is 12.3. The van der Waals surface area contributed by atoms with Crippen molar-refractivity contribution < 1.29 is 26.7 Å². The molecule has 0 atom stereocenters. The van der Waals surface area contributed by atoms with Crippen molar-refractivity contribution in [3.05, 3.63) is 54.1 Å². The molecule has 0 saturated heterocycles. The number of nitrogens with one attached hydrogen (secondary N) is 2. The number of carbonyl (C=O) groups excluding carboxylic acids is 1. The smallest absolute Gasteiger partial charge is 0.387 e. The van der Waals surface area contributed by atoms with Crippen molar-refractivity contribution in [3.8, 4) is 5.75 Å². The first-order valence-electron chi connectivity index (χ1n) is 7.66. The molecular weight excluding hydrogens is 366 g/mol. The van der Waals surface area contributed by atoms with Gasteiger partial charge in [0.2, 0.25) is 10.0 Å².